The maximum Gasteiger partial charge on any atom is 0.350 e. The summed E-state index contributed by atoms with van der Waals surface area (Å²) in [4.78, 5) is 11.3. The Morgan fingerprint density at radius 3 is 2.33 bits per heavy atom. The van der Waals surface area contributed by atoms with Crippen molar-refractivity contribution in [3.63, 3.8) is 0 Å². The van der Waals surface area contributed by atoms with E-state index in [1.54, 1.807) is 6.07 Å². The van der Waals surface area contributed by atoms with Gasteiger partial charge in [-0.25, -0.2) is 17.5 Å². The summed E-state index contributed by atoms with van der Waals surface area (Å²) in [7, 11) is 0.580. The van der Waals surface area contributed by atoms with Gasteiger partial charge < -0.3 is 10.1 Å². The molecule has 0 amide bonds. The van der Waals surface area contributed by atoms with Crippen molar-refractivity contribution in [2.75, 3.05) is 26.5 Å². The van der Waals surface area contributed by atoms with Crippen molar-refractivity contribution < 1.29 is 17.9 Å². The Bertz CT molecular complexity index is 685. The number of hydrogen-bond donors (Lipinski definition) is 1. The third kappa shape index (κ3) is 4.05. The number of nitrogens with one attached hydrogen (secondary N) is 1. The highest BCUT2D eigenvalue weighted by atomic mass is 32.2. The number of ether oxygens (including phenoxy) is 1. The van der Waals surface area contributed by atoms with E-state index in [1.165, 1.54) is 51.7 Å². The fraction of sp³-hybridized carbons (Fsp3) is 0.231. The number of nitriles is 1. The normalized spacial score (nSPS) is 11.9. The van der Waals surface area contributed by atoms with E-state index in [0.717, 1.165) is 4.31 Å². The number of hydrogen-bond acceptors (Lipinski definition) is 6. The van der Waals surface area contributed by atoms with E-state index in [1.807, 2.05) is 0 Å². The summed E-state index contributed by atoms with van der Waals surface area (Å²) >= 11 is 0. The van der Waals surface area contributed by atoms with Gasteiger partial charge in [-0.2, -0.15) is 5.26 Å². The zero-order valence-electron chi connectivity index (χ0n) is 11.8. The van der Waals surface area contributed by atoms with Gasteiger partial charge in [-0.05, 0) is 24.3 Å². The summed E-state index contributed by atoms with van der Waals surface area (Å²) in [6.45, 7) is 0. The van der Waals surface area contributed by atoms with E-state index in [4.69, 9.17) is 5.26 Å². The van der Waals surface area contributed by atoms with Crippen LogP contribution >= 0.6 is 0 Å². The second-order valence-corrected chi connectivity index (χ2v) is 6.27. The molecule has 0 heterocycles. The minimum absolute atomic E-state index is 0.149. The van der Waals surface area contributed by atoms with E-state index < -0.39 is 16.0 Å². The first-order valence-electron chi connectivity index (χ1n) is 5.80. The summed E-state index contributed by atoms with van der Waals surface area (Å²) in [6, 6.07) is 7.60. The molecule has 0 aliphatic heterocycles. The van der Waals surface area contributed by atoms with Gasteiger partial charge in [0.15, 0.2) is 5.57 Å². The molecule has 1 rings (SSSR count). The number of carbonyl (C=O) groups is 1. The molecule has 0 aliphatic carbocycles. The van der Waals surface area contributed by atoms with E-state index in [9.17, 15) is 13.2 Å². The van der Waals surface area contributed by atoms with Gasteiger partial charge in [0.25, 0.3) is 0 Å². The molecule has 0 aromatic heterocycles. The van der Waals surface area contributed by atoms with Gasteiger partial charge in [0.05, 0.1) is 12.0 Å². The average Bonchev–Trinajstić information content (AvgIpc) is 2.47. The van der Waals surface area contributed by atoms with Crippen LogP contribution in [0.25, 0.3) is 0 Å². The fourth-order valence-corrected chi connectivity index (χ4v) is 2.24. The van der Waals surface area contributed by atoms with Crippen LogP contribution in [0, 0.1) is 11.3 Å². The molecule has 1 N–H and O–H groups in total. The van der Waals surface area contributed by atoms with Crippen LogP contribution in [0.5, 0.6) is 0 Å². The lowest BCUT2D eigenvalue weighted by atomic mass is 10.3. The molecule has 0 saturated carbocycles. The lowest BCUT2D eigenvalue weighted by molar-refractivity contribution is -0.135. The molecule has 0 unspecified atom stereocenters. The Morgan fingerprint density at radius 2 is 1.90 bits per heavy atom. The Balaban J connectivity index is 2.93. The van der Waals surface area contributed by atoms with Crippen LogP contribution in [0.1, 0.15) is 0 Å². The Morgan fingerprint density at radius 1 is 1.33 bits per heavy atom. The van der Waals surface area contributed by atoms with Gasteiger partial charge in [0.2, 0.25) is 10.0 Å². The molecular weight excluding hydrogens is 294 g/mol. The monoisotopic (exact) mass is 309 g/mol. The number of nitrogens with zero attached hydrogens (tertiary/aromatic N) is 2. The van der Waals surface area contributed by atoms with Crippen molar-refractivity contribution in [2.24, 2.45) is 0 Å². The molecule has 0 radical (unpaired) electrons. The van der Waals surface area contributed by atoms with E-state index in [-0.39, 0.29) is 10.5 Å². The predicted octanol–water partition coefficient (Wildman–Crippen LogP) is 0.929. The number of sulfonamides is 1. The molecule has 1 aromatic rings. The summed E-state index contributed by atoms with van der Waals surface area (Å²) < 4.78 is 29.3. The Hall–Kier alpha value is -2.37. The van der Waals surface area contributed by atoms with Crippen molar-refractivity contribution in [3.8, 4) is 6.07 Å². The van der Waals surface area contributed by atoms with E-state index >= 15 is 0 Å². The molecule has 0 spiro atoms. The molecule has 7 nitrogen and oxygen atoms in total. The van der Waals surface area contributed by atoms with Gasteiger partial charge in [-0.3, -0.25) is 0 Å². The lowest BCUT2D eigenvalue weighted by Crippen LogP contribution is -2.22. The van der Waals surface area contributed by atoms with Gasteiger partial charge in [-0.15, -0.1) is 0 Å². The summed E-state index contributed by atoms with van der Waals surface area (Å²) in [5.41, 5.74) is 0.340. The highest BCUT2D eigenvalue weighted by Gasteiger charge is 2.16. The SMILES string of the molecule is COC(=O)/C(C#N)=C/Nc1ccc(S(=O)(=O)N(C)C)cc1. The van der Waals surface area contributed by atoms with Crippen LogP contribution in [0.15, 0.2) is 40.9 Å². The number of methoxy groups -OCH3 is 1. The Labute approximate surface area is 123 Å². The average molecular weight is 309 g/mol. The molecule has 0 fully saturated rings. The number of anilines is 1. The molecule has 8 heteroatoms. The minimum atomic E-state index is -3.48. The third-order valence-corrected chi connectivity index (χ3v) is 4.37. The largest absolute Gasteiger partial charge is 0.465 e. The van der Waals surface area contributed by atoms with E-state index in [2.05, 4.69) is 10.1 Å². The van der Waals surface area contributed by atoms with Crippen LogP contribution in [0.2, 0.25) is 0 Å². The second-order valence-electron chi connectivity index (χ2n) is 4.12. The molecule has 1 aromatic carbocycles. The maximum atomic E-state index is 11.9. The standard InChI is InChI=1S/C13H15N3O4S/c1-16(2)21(18,19)12-6-4-11(5-7-12)15-9-10(8-14)13(17)20-3/h4-7,9,15H,1-3H3/b10-9+. The van der Waals surface area contributed by atoms with Crippen molar-refractivity contribution in [3.05, 3.63) is 36.0 Å². The van der Waals surface area contributed by atoms with Gasteiger partial charge in [0, 0.05) is 26.0 Å². The number of rotatable bonds is 5. The highest BCUT2D eigenvalue weighted by molar-refractivity contribution is 7.89. The summed E-state index contributed by atoms with van der Waals surface area (Å²) in [6.07, 6.45) is 1.20. The van der Waals surface area contributed by atoms with Crippen LogP contribution in [-0.4, -0.2) is 39.9 Å². The number of carbonyl (C=O) groups excluding carboxylic acids is 1. The molecule has 21 heavy (non-hydrogen) atoms. The predicted molar refractivity (Wildman–Crippen MR) is 76.6 cm³/mol. The molecule has 0 saturated heterocycles. The first kappa shape index (κ1) is 16.7. The first-order chi connectivity index (χ1) is 9.82. The lowest BCUT2D eigenvalue weighted by Gasteiger charge is -2.11. The molecule has 112 valence electrons. The van der Waals surface area contributed by atoms with Crippen molar-refractivity contribution in [2.45, 2.75) is 4.90 Å². The van der Waals surface area contributed by atoms with Crippen molar-refractivity contribution in [1.29, 1.82) is 5.26 Å². The van der Waals surface area contributed by atoms with Crippen LogP contribution in [0.3, 0.4) is 0 Å². The molecular formula is C13H15N3O4S. The smallest absolute Gasteiger partial charge is 0.350 e. The van der Waals surface area contributed by atoms with Gasteiger partial charge in [-0.1, -0.05) is 0 Å². The topological polar surface area (TPSA) is 99.5 Å². The Kier molecular flexibility index (Phi) is 5.46. The minimum Gasteiger partial charge on any atom is -0.465 e. The first-order valence-corrected chi connectivity index (χ1v) is 7.24. The van der Waals surface area contributed by atoms with Gasteiger partial charge >= 0.3 is 5.97 Å². The van der Waals surface area contributed by atoms with Crippen LogP contribution in [-0.2, 0) is 19.6 Å². The molecule has 0 aliphatic rings. The van der Waals surface area contributed by atoms with Gasteiger partial charge in [0.1, 0.15) is 6.07 Å². The number of esters is 1. The molecule has 0 bridgehead atoms. The van der Waals surface area contributed by atoms with Crippen LogP contribution < -0.4 is 5.32 Å². The fourth-order valence-electron chi connectivity index (χ4n) is 1.34. The second kappa shape index (κ2) is 6.88. The molecule has 0 atom stereocenters. The highest BCUT2D eigenvalue weighted by Crippen LogP contribution is 2.16. The zero-order chi connectivity index (χ0) is 16.0. The van der Waals surface area contributed by atoms with E-state index in [0.29, 0.717) is 5.69 Å². The maximum absolute atomic E-state index is 11.9. The number of benzene rings is 1. The third-order valence-electron chi connectivity index (χ3n) is 2.54. The van der Waals surface area contributed by atoms with Crippen molar-refractivity contribution >= 4 is 21.7 Å². The quantitative estimate of drug-likeness (QED) is 0.493. The summed E-state index contributed by atoms with van der Waals surface area (Å²) in [5.74, 6) is -0.753. The summed E-state index contributed by atoms with van der Waals surface area (Å²) in [5, 5.41) is 11.5. The van der Waals surface area contributed by atoms with Crippen LogP contribution in [0.4, 0.5) is 5.69 Å². The van der Waals surface area contributed by atoms with Crippen molar-refractivity contribution in [1.82, 2.24) is 4.31 Å². The zero-order valence-corrected chi connectivity index (χ0v) is 12.6.